The number of pyridine rings is 2. The van der Waals surface area contributed by atoms with E-state index in [1.54, 1.807) is 22.9 Å². The highest BCUT2D eigenvalue weighted by atomic mass is 16.5. The van der Waals surface area contributed by atoms with Crippen LogP contribution < -0.4 is 21.2 Å². The van der Waals surface area contributed by atoms with Gasteiger partial charge in [-0.1, -0.05) is 11.1 Å². The van der Waals surface area contributed by atoms with Gasteiger partial charge >= 0.3 is 0 Å². The van der Waals surface area contributed by atoms with E-state index >= 15 is 0 Å². The van der Waals surface area contributed by atoms with Crippen molar-refractivity contribution in [3.8, 4) is 0 Å². The summed E-state index contributed by atoms with van der Waals surface area (Å²) in [7, 11) is 1.53. The minimum atomic E-state index is -0.348. The molecule has 0 spiro atoms. The summed E-state index contributed by atoms with van der Waals surface area (Å²) in [6.07, 6.45) is 2.46. The molecule has 3 aromatic heterocycles. The lowest BCUT2D eigenvalue weighted by atomic mass is 10.1. The number of carbonyl (C=O) groups excluding carboxylic acids is 1. The molecule has 3 N–H and O–H groups in total. The van der Waals surface area contributed by atoms with Crippen molar-refractivity contribution in [2.75, 3.05) is 19.4 Å². The number of ether oxygens (including phenoxy) is 1. The van der Waals surface area contributed by atoms with Crippen molar-refractivity contribution in [3.63, 3.8) is 0 Å². The van der Waals surface area contributed by atoms with Crippen LogP contribution in [0.4, 0.5) is 5.82 Å². The molecule has 3 heterocycles. The highest BCUT2D eigenvalue weighted by molar-refractivity contribution is 6.00. The number of nitrogens with one attached hydrogen (secondary N) is 1. The third-order valence-electron chi connectivity index (χ3n) is 4.31. The summed E-state index contributed by atoms with van der Waals surface area (Å²) in [5, 5.41) is 2.91. The third kappa shape index (κ3) is 3.61. The number of aromatic nitrogens is 3. The minimum absolute atomic E-state index is 0.132. The van der Waals surface area contributed by atoms with E-state index in [4.69, 9.17) is 10.5 Å². The second kappa shape index (κ2) is 7.71. The van der Waals surface area contributed by atoms with Gasteiger partial charge in [-0.3, -0.25) is 14.0 Å². The van der Waals surface area contributed by atoms with Gasteiger partial charge in [-0.15, -0.1) is 0 Å². The first kappa shape index (κ1) is 18.8. The lowest BCUT2D eigenvalue weighted by molar-refractivity contribution is -0.659. The molecule has 0 saturated heterocycles. The van der Waals surface area contributed by atoms with Crippen LogP contribution in [0.15, 0.2) is 35.3 Å². The number of hydrogen-bond acceptors (Lipinski definition) is 5. The zero-order valence-electron chi connectivity index (χ0n) is 15.7. The number of nitrogen functional groups attached to an aromatic ring is 1. The number of hydrogen-bond donors (Lipinski definition) is 2. The summed E-state index contributed by atoms with van der Waals surface area (Å²) >= 11 is 0. The van der Waals surface area contributed by atoms with Crippen LogP contribution >= 0.6 is 0 Å². The van der Waals surface area contributed by atoms with Crippen LogP contribution in [0.1, 0.15) is 30.6 Å². The van der Waals surface area contributed by atoms with E-state index in [1.165, 1.54) is 17.5 Å². The fraction of sp³-hybridized carbons (Fsp3) is 0.368. The van der Waals surface area contributed by atoms with E-state index in [1.807, 2.05) is 19.9 Å². The number of nitrogens with zero attached hydrogens (tertiary/aromatic N) is 3. The highest BCUT2D eigenvalue weighted by Gasteiger charge is 2.23. The molecule has 0 atom stereocenters. The molecule has 8 heteroatoms. The molecule has 0 aliphatic rings. The van der Waals surface area contributed by atoms with Crippen LogP contribution in [-0.4, -0.2) is 35.1 Å². The van der Waals surface area contributed by atoms with E-state index in [9.17, 15) is 9.59 Å². The Labute approximate surface area is 156 Å². The summed E-state index contributed by atoms with van der Waals surface area (Å²) < 4.78 is 8.77. The Hall–Kier alpha value is -3.00. The smallest absolute Gasteiger partial charge is 0.278 e. The fourth-order valence-corrected chi connectivity index (χ4v) is 2.99. The molecule has 0 fully saturated rings. The van der Waals surface area contributed by atoms with Gasteiger partial charge < -0.3 is 15.8 Å². The van der Waals surface area contributed by atoms with Crippen molar-refractivity contribution in [2.24, 2.45) is 0 Å². The van der Waals surface area contributed by atoms with E-state index in [2.05, 4.69) is 10.3 Å². The lowest BCUT2D eigenvalue weighted by Gasteiger charge is -2.12. The van der Waals surface area contributed by atoms with Crippen LogP contribution in [0, 0.1) is 0 Å². The Morgan fingerprint density at radius 2 is 2.19 bits per heavy atom. The molecule has 1 amide bonds. The van der Waals surface area contributed by atoms with Crippen molar-refractivity contribution < 1.29 is 14.1 Å². The molecule has 0 aliphatic carbocycles. The SMILES string of the molecule is CNC(=O)c1cc2c(=O)n3ccccc3nc2[n+](CCCOC(C)C)c1N. The van der Waals surface area contributed by atoms with Gasteiger partial charge in [0.05, 0.1) is 12.6 Å². The second-order valence-electron chi connectivity index (χ2n) is 6.53. The first-order valence-electron chi connectivity index (χ1n) is 8.91. The van der Waals surface area contributed by atoms with Crippen molar-refractivity contribution >= 4 is 28.4 Å². The Morgan fingerprint density at radius 1 is 1.41 bits per heavy atom. The van der Waals surface area contributed by atoms with Crippen LogP contribution in [0.5, 0.6) is 0 Å². The van der Waals surface area contributed by atoms with E-state index in [0.717, 1.165) is 0 Å². The Kier molecular flexibility index (Phi) is 5.36. The summed E-state index contributed by atoms with van der Waals surface area (Å²) in [4.78, 5) is 29.8. The van der Waals surface area contributed by atoms with E-state index in [-0.39, 0.29) is 29.0 Å². The van der Waals surface area contributed by atoms with Gasteiger partial charge in [0, 0.05) is 26.3 Å². The fourth-order valence-electron chi connectivity index (χ4n) is 2.99. The maximum absolute atomic E-state index is 12.9. The van der Waals surface area contributed by atoms with Crippen molar-refractivity contribution in [3.05, 3.63) is 46.4 Å². The normalized spacial score (nSPS) is 11.4. The number of carbonyl (C=O) groups is 1. The number of anilines is 1. The first-order valence-corrected chi connectivity index (χ1v) is 8.91. The molecule has 0 unspecified atom stereocenters. The van der Waals surface area contributed by atoms with Gasteiger partial charge in [-0.05, 0) is 32.0 Å². The number of fused-ring (bicyclic) bond motifs is 2. The van der Waals surface area contributed by atoms with E-state index in [0.29, 0.717) is 36.3 Å². The van der Waals surface area contributed by atoms with Gasteiger partial charge in [0.15, 0.2) is 0 Å². The standard InChI is InChI=1S/C19H23N5O3/c1-12(2)27-10-6-9-24-16(20)13(18(25)21-3)11-14-17(24)22-15-7-4-5-8-23(15)19(14)26/h4-5,7-8,11-12,20H,6,9-10H2,1-3H3,(H,21,25)/p+1. The molecule has 3 rings (SSSR count). The number of nitrogens with two attached hydrogens (primary N) is 1. The molecule has 0 bridgehead atoms. The summed E-state index contributed by atoms with van der Waals surface area (Å²) in [6.45, 7) is 4.97. The van der Waals surface area contributed by atoms with Crippen LogP contribution in [0.25, 0.3) is 16.7 Å². The molecule has 27 heavy (non-hydrogen) atoms. The maximum Gasteiger partial charge on any atom is 0.278 e. The zero-order chi connectivity index (χ0) is 19.6. The van der Waals surface area contributed by atoms with Gasteiger partial charge in [0.2, 0.25) is 11.5 Å². The number of amides is 1. The molecule has 0 aliphatic heterocycles. The maximum atomic E-state index is 12.9. The quantitative estimate of drug-likeness (QED) is 0.381. The predicted molar refractivity (Wildman–Crippen MR) is 103 cm³/mol. The molecule has 8 nitrogen and oxygen atoms in total. The Bertz CT molecular complexity index is 1060. The van der Waals surface area contributed by atoms with Crippen molar-refractivity contribution in [1.29, 1.82) is 0 Å². The van der Waals surface area contributed by atoms with Gasteiger partial charge in [-0.2, -0.15) is 0 Å². The molecular weight excluding hydrogens is 346 g/mol. The molecular formula is C19H24N5O3+. The Balaban J connectivity index is 2.21. The monoisotopic (exact) mass is 370 g/mol. The molecule has 0 saturated carbocycles. The van der Waals surface area contributed by atoms with E-state index < -0.39 is 0 Å². The van der Waals surface area contributed by atoms with Gasteiger partial charge in [-0.25, -0.2) is 4.57 Å². The summed E-state index contributed by atoms with van der Waals surface area (Å²) in [5.74, 6) is -0.0716. The molecule has 142 valence electrons. The van der Waals surface area contributed by atoms with Crippen LogP contribution in [0.2, 0.25) is 0 Å². The summed E-state index contributed by atoms with van der Waals surface area (Å²) in [6, 6.07) is 6.85. The van der Waals surface area contributed by atoms with Crippen molar-refractivity contribution in [1.82, 2.24) is 14.7 Å². The molecule has 3 aromatic rings. The Morgan fingerprint density at radius 3 is 2.89 bits per heavy atom. The average molecular weight is 370 g/mol. The van der Waals surface area contributed by atoms with Gasteiger partial charge in [0.25, 0.3) is 17.1 Å². The zero-order valence-corrected chi connectivity index (χ0v) is 15.7. The largest absolute Gasteiger partial charge is 0.379 e. The summed E-state index contributed by atoms with van der Waals surface area (Å²) in [5.41, 5.74) is 7.27. The number of rotatable bonds is 6. The van der Waals surface area contributed by atoms with Crippen molar-refractivity contribution in [2.45, 2.75) is 32.9 Å². The third-order valence-corrected chi connectivity index (χ3v) is 4.31. The first-order chi connectivity index (χ1) is 12.9. The molecule has 0 radical (unpaired) electrons. The minimum Gasteiger partial charge on any atom is -0.379 e. The predicted octanol–water partition coefficient (Wildman–Crippen LogP) is 0.892. The van der Waals surface area contributed by atoms with Crippen LogP contribution in [0.3, 0.4) is 0 Å². The number of aryl methyl sites for hydroxylation is 1. The average Bonchev–Trinajstić information content (AvgIpc) is 2.66. The molecule has 0 aromatic carbocycles. The van der Waals surface area contributed by atoms with Gasteiger partial charge in [0.1, 0.15) is 10.9 Å². The van der Waals surface area contributed by atoms with Crippen LogP contribution in [-0.2, 0) is 11.3 Å². The highest BCUT2D eigenvalue weighted by Crippen LogP contribution is 2.14. The topological polar surface area (TPSA) is 103 Å². The second-order valence-corrected chi connectivity index (χ2v) is 6.53. The lowest BCUT2D eigenvalue weighted by Crippen LogP contribution is -2.43.